The monoisotopic (exact) mass is 363 g/mol. The van der Waals surface area contributed by atoms with Crippen LogP contribution in [0.4, 0.5) is 5.69 Å². The van der Waals surface area contributed by atoms with Crippen LogP contribution in [0.25, 0.3) is 11.1 Å². The van der Waals surface area contributed by atoms with Crippen LogP contribution in [0.1, 0.15) is 11.7 Å². The topological polar surface area (TPSA) is 67.8 Å². The Hall–Kier alpha value is -3.31. The summed E-state index contributed by atoms with van der Waals surface area (Å²) in [6.45, 7) is 0. The average molecular weight is 363 g/mol. The van der Waals surface area contributed by atoms with Crippen LogP contribution in [-0.4, -0.2) is 25.2 Å². The normalized spacial score (nSPS) is 11.5. The number of hydrogen-bond acceptors (Lipinski definition) is 4. The lowest BCUT2D eigenvalue weighted by atomic mass is 10.0. The van der Waals surface area contributed by atoms with Crippen molar-refractivity contribution in [3.8, 4) is 22.6 Å². The van der Waals surface area contributed by atoms with Crippen LogP contribution in [0.3, 0.4) is 0 Å². The number of rotatable bonds is 6. The second kappa shape index (κ2) is 8.38. The Morgan fingerprint density at radius 3 is 2.26 bits per heavy atom. The van der Waals surface area contributed by atoms with Gasteiger partial charge in [-0.15, -0.1) is 0 Å². The predicted molar refractivity (Wildman–Crippen MR) is 105 cm³/mol. The quantitative estimate of drug-likeness (QED) is 0.693. The van der Waals surface area contributed by atoms with Gasteiger partial charge in [0.15, 0.2) is 17.6 Å². The highest BCUT2D eigenvalue weighted by Gasteiger charge is 2.19. The third-order valence-corrected chi connectivity index (χ3v) is 4.24. The van der Waals surface area contributed by atoms with Gasteiger partial charge in [0.05, 0.1) is 14.2 Å². The first-order valence-corrected chi connectivity index (χ1v) is 8.49. The summed E-state index contributed by atoms with van der Waals surface area (Å²) in [5.74, 6) is 0.733. The van der Waals surface area contributed by atoms with E-state index in [-0.39, 0.29) is 0 Å². The first-order chi connectivity index (χ1) is 13.1. The van der Waals surface area contributed by atoms with Gasteiger partial charge in [0.1, 0.15) is 0 Å². The highest BCUT2D eigenvalue weighted by atomic mass is 16.5. The fraction of sp³-hybridized carbons (Fsp3) is 0.136. The molecule has 2 N–H and O–H groups in total. The third kappa shape index (κ3) is 4.10. The van der Waals surface area contributed by atoms with Crippen molar-refractivity contribution in [1.82, 2.24) is 0 Å². The zero-order chi connectivity index (χ0) is 19.2. The largest absolute Gasteiger partial charge is 0.493 e. The highest BCUT2D eigenvalue weighted by Crippen LogP contribution is 2.35. The van der Waals surface area contributed by atoms with Crippen molar-refractivity contribution < 1.29 is 19.4 Å². The van der Waals surface area contributed by atoms with E-state index in [9.17, 15) is 9.90 Å². The summed E-state index contributed by atoms with van der Waals surface area (Å²) in [6, 6.07) is 21.8. The van der Waals surface area contributed by atoms with Crippen LogP contribution in [0.5, 0.6) is 11.5 Å². The van der Waals surface area contributed by atoms with Crippen LogP contribution in [0, 0.1) is 0 Å². The second-order valence-electron chi connectivity index (χ2n) is 5.92. The number of para-hydroxylation sites is 1. The molecule has 0 spiro atoms. The summed E-state index contributed by atoms with van der Waals surface area (Å²) in [6.07, 6.45) is -1.25. The van der Waals surface area contributed by atoms with Gasteiger partial charge in [0, 0.05) is 11.3 Å². The van der Waals surface area contributed by atoms with E-state index in [0.717, 1.165) is 11.1 Å². The Morgan fingerprint density at radius 2 is 1.56 bits per heavy atom. The van der Waals surface area contributed by atoms with Crippen molar-refractivity contribution in [2.45, 2.75) is 6.10 Å². The maximum absolute atomic E-state index is 12.5. The summed E-state index contributed by atoms with van der Waals surface area (Å²) in [4.78, 5) is 12.5. The van der Waals surface area contributed by atoms with Gasteiger partial charge < -0.3 is 19.9 Å². The molecule has 3 aromatic carbocycles. The average Bonchev–Trinajstić information content (AvgIpc) is 2.73. The molecule has 138 valence electrons. The van der Waals surface area contributed by atoms with E-state index in [1.54, 1.807) is 44.6 Å². The molecule has 0 aliphatic rings. The molecule has 0 bridgehead atoms. The number of carbonyl (C=O) groups excluding carboxylic acids is 1. The number of amides is 1. The number of carbonyl (C=O) groups is 1. The zero-order valence-corrected chi connectivity index (χ0v) is 15.2. The Labute approximate surface area is 158 Å². The maximum Gasteiger partial charge on any atom is 0.257 e. The molecule has 0 aromatic heterocycles. The molecule has 0 heterocycles. The van der Waals surface area contributed by atoms with Crippen molar-refractivity contribution in [1.29, 1.82) is 0 Å². The lowest BCUT2D eigenvalue weighted by molar-refractivity contribution is -0.124. The molecule has 0 aliphatic carbocycles. The van der Waals surface area contributed by atoms with Crippen molar-refractivity contribution in [2.75, 3.05) is 19.5 Å². The molecule has 27 heavy (non-hydrogen) atoms. The van der Waals surface area contributed by atoms with Crippen LogP contribution < -0.4 is 14.8 Å². The van der Waals surface area contributed by atoms with E-state index in [0.29, 0.717) is 22.7 Å². The number of methoxy groups -OCH3 is 2. The fourth-order valence-electron chi connectivity index (χ4n) is 2.84. The van der Waals surface area contributed by atoms with Crippen molar-refractivity contribution >= 4 is 11.6 Å². The zero-order valence-electron chi connectivity index (χ0n) is 15.2. The Balaban J connectivity index is 1.89. The standard InChI is InChI=1S/C22H21NO4/c1-26-19-13-12-16(14-20(19)27-2)17-10-6-7-11-18(17)23-22(25)21(24)15-8-4-3-5-9-15/h3-14,21,24H,1-2H3,(H,23,25). The van der Waals surface area contributed by atoms with Gasteiger partial charge in [-0.25, -0.2) is 0 Å². The second-order valence-corrected chi connectivity index (χ2v) is 5.92. The van der Waals surface area contributed by atoms with Crippen LogP contribution >= 0.6 is 0 Å². The summed E-state index contributed by atoms with van der Waals surface area (Å²) in [5, 5.41) is 13.1. The molecule has 0 fully saturated rings. The van der Waals surface area contributed by atoms with Gasteiger partial charge in [-0.3, -0.25) is 4.79 Å². The molecule has 1 unspecified atom stereocenters. The van der Waals surface area contributed by atoms with Crippen molar-refractivity contribution in [2.24, 2.45) is 0 Å². The molecule has 5 nitrogen and oxygen atoms in total. The Kier molecular flexibility index (Phi) is 5.74. The lowest BCUT2D eigenvalue weighted by Crippen LogP contribution is -2.21. The number of aliphatic hydroxyl groups is 1. The van der Waals surface area contributed by atoms with Gasteiger partial charge in [-0.2, -0.15) is 0 Å². The summed E-state index contributed by atoms with van der Waals surface area (Å²) >= 11 is 0. The van der Waals surface area contributed by atoms with E-state index in [1.165, 1.54) is 0 Å². The predicted octanol–water partition coefficient (Wildman–Crippen LogP) is 4.04. The molecule has 3 rings (SSSR count). The SMILES string of the molecule is COc1ccc(-c2ccccc2NC(=O)C(O)c2ccccc2)cc1OC. The van der Waals surface area contributed by atoms with E-state index < -0.39 is 12.0 Å². The minimum atomic E-state index is -1.25. The third-order valence-electron chi connectivity index (χ3n) is 4.24. The smallest absolute Gasteiger partial charge is 0.257 e. The number of nitrogens with one attached hydrogen (secondary N) is 1. The highest BCUT2D eigenvalue weighted by molar-refractivity contribution is 5.98. The molecule has 1 atom stereocenters. The van der Waals surface area contributed by atoms with Crippen LogP contribution in [0.15, 0.2) is 72.8 Å². The molecular formula is C22H21NO4. The Bertz CT molecular complexity index is 925. The number of ether oxygens (including phenoxy) is 2. The first-order valence-electron chi connectivity index (χ1n) is 8.49. The summed E-state index contributed by atoms with van der Waals surface area (Å²) < 4.78 is 10.6. The van der Waals surface area contributed by atoms with Crippen molar-refractivity contribution in [3.05, 3.63) is 78.4 Å². The number of hydrogen-bond donors (Lipinski definition) is 2. The Morgan fingerprint density at radius 1 is 0.889 bits per heavy atom. The molecule has 0 aliphatic heterocycles. The van der Waals surface area contributed by atoms with Gasteiger partial charge in [-0.1, -0.05) is 54.6 Å². The van der Waals surface area contributed by atoms with Gasteiger partial charge >= 0.3 is 0 Å². The first kappa shape index (κ1) is 18.5. The van der Waals surface area contributed by atoms with Crippen LogP contribution in [-0.2, 0) is 4.79 Å². The molecule has 0 saturated carbocycles. The summed E-state index contributed by atoms with van der Waals surface area (Å²) in [7, 11) is 3.15. The van der Waals surface area contributed by atoms with Gasteiger partial charge in [-0.05, 0) is 29.3 Å². The van der Waals surface area contributed by atoms with E-state index >= 15 is 0 Å². The summed E-state index contributed by atoms with van der Waals surface area (Å²) in [5.41, 5.74) is 2.81. The van der Waals surface area contributed by atoms with Gasteiger partial charge in [0.2, 0.25) is 0 Å². The molecule has 3 aromatic rings. The van der Waals surface area contributed by atoms with Crippen molar-refractivity contribution in [3.63, 3.8) is 0 Å². The van der Waals surface area contributed by atoms with Crippen LogP contribution in [0.2, 0.25) is 0 Å². The van der Waals surface area contributed by atoms with E-state index in [4.69, 9.17) is 9.47 Å². The van der Waals surface area contributed by atoms with E-state index in [2.05, 4.69) is 5.32 Å². The minimum Gasteiger partial charge on any atom is -0.493 e. The fourth-order valence-corrected chi connectivity index (χ4v) is 2.84. The molecule has 1 amide bonds. The molecule has 0 radical (unpaired) electrons. The maximum atomic E-state index is 12.5. The molecular weight excluding hydrogens is 342 g/mol. The molecule has 0 saturated heterocycles. The number of anilines is 1. The number of benzene rings is 3. The van der Waals surface area contributed by atoms with E-state index in [1.807, 2.05) is 42.5 Å². The van der Waals surface area contributed by atoms with Gasteiger partial charge in [0.25, 0.3) is 5.91 Å². The number of aliphatic hydroxyl groups excluding tert-OH is 1. The molecule has 5 heteroatoms. The minimum absolute atomic E-state index is 0.492. The lowest BCUT2D eigenvalue weighted by Gasteiger charge is -2.16.